The van der Waals surface area contributed by atoms with E-state index in [0.29, 0.717) is 21.5 Å². The molecule has 0 heterocycles. The first-order chi connectivity index (χ1) is 12.2. The topological polar surface area (TPSA) is 77.0 Å². The summed E-state index contributed by atoms with van der Waals surface area (Å²) in [6.07, 6.45) is 1.39. The van der Waals surface area contributed by atoms with Gasteiger partial charge in [0, 0.05) is 0 Å². The lowest BCUT2D eigenvalue weighted by atomic mass is 10.2. The van der Waals surface area contributed by atoms with Crippen LogP contribution in [-0.4, -0.2) is 27.8 Å². The minimum Gasteiger partial charge on any atom is -0.493 e. The monoisotopic (exact) mass is 440 g/mol. The van der Waals surface area contributed by atoms with Gasteiger partial charge in [0.2, 0.25) is 0 Å². The Morgan fingerprint density at radius 3 is 2.42 bits per heavy atom. The Morgan fingerprint density at radius 2 is 1.85 bits per heavy atom. The van der Waals surface area contributed by atoms with E-state index in [9.17, 15) is 8.42 Å². The van der Waals surface area contributed by atoms with Crippen LogP contribution in [0.1, 0.15) is 25.0 Å². The normalized spacial score (nSPS) is 11.8. The van der Waals surface area contributed by atoms with Gasteiger partial charge in [-0.2, -0.15) is 13.5 Å². The summed E-state index contributed by atoms with van der Waals surface area (Å²) in [5.41, 5.74) is 1.63. The van der Waals surface area contributed by atoms with Crippen molar-refractivity contribution in [2.24, 2.45) is 5.10 Å². The lowest BCUT2D eigenvalue weighted by molar-refractivity contribution is 0.228. The first-order valence-corrected chi connectivity index (χ1v) is 10.2. The van der Waals surface area contributed by atoms with Gasteiger partial charge < -0.3 is 9.47 Å². The maximum atomic E-state index is 12.2. The van der Waals surface area contributed by atoms with Crippen molar-refractivity contribution in [2.75, 3.05) is 7.11 Å². The molecule has 0 fully saturated rings. The molecule has 0 atom stereocenters. The van der Waals surface area contributed by atoms with Gasteiger partial charge >= 0.3 is 0 Å². The van der Waals surface area contributed by atoms with E-state index in [-0.39, 0.29) is 11.0 Å². The third kappa shape index (κ3) is 5.22. The summed E-state index contributed by atoms with van der Waals surface area (Å²) in [5.74, 6) is 1.11. The summed E-state index contributed by atoms with van der Waals surface area (Å²) in [6.45, 7) is 5.72. The van der Waals surface area contributed by atoms with E-state index >= 15 is 0 Å². The van der Waals surface area contributed by atoms with Gasteiger partial charge in [-0.1, -0.05) is 17.7 Å². The van der Waals surface area contributed by atoms with Gasteiger partial charge in [-0.25, -0.2) is 4.83 Å². The molecule has 0 spiro atoms. The predicted molar refractivity (Wildman–Crippen MR) is 106 cm³/mol. The molecule has 0 bridgehead atoms. The SMILES string of the molecule is COc1cc(C=NNS(=O)(=O)c2ccc(C)cc2)cc(Br)c1OC(C)C. The van der Waals surface area contributed by atoms with Crippen LogP contribution >= 0.6 is 15.9 Å². The zero-order valence-corrected chi connectivity index (χ0v) is 17.4. The number of aryl methyl sites for hydroxylation is 1. The van der Waals surface area contributed by atoms with Gasteiger partial charge in [0.05, 0.1) is 28.8 Å². The number of hydrazone groups is 1. The van der Waals surface area contributed by atoms with Crippen molar-refractivity contribution >= 4 is 32.2 Å². The highest BCUT2D eigenvalue weighted by atomic mass is 79.9. The summed E-state index contributed by atoms with van der Waals surface area (Å²) in [6, 6.07) is 10.0. The average Bonchev–Trinajstić information content (AvgIpc) is 2.57. The number of benzene rings is 2. The van der Waals surface area contributed by atoms with E-state index in [0.717, 1.165) is 5.56 Å². The summed E-state index contributed by atoms with van der Waals surface area (Å²) < 4.78 is 36.2. The van der Waals surface area contributed by atoms with Gasteiger partial charge in [-0.15, -0.1) is 0 Å². The average molecular weight is 441 g/mol. The molecular weight excluding hydrogens is 420 g/mol. The van der Waals surface area contributed by atoms with Gasteiger partial charge in [-0.3, -0.25) is 0 Å². The highest BCUT2D eigenvalue weighted by molar-refractivity contribution is 9.10. The lowest BCUT2D eigenvalue weighted by Gasteiger charge is -2.15. The van der Waals surface area contributed by atoms with E-state index in [1.807, 2.05) is 20.8 Å². The summed E-state index contributed by atoms with van der Waals surface area (Å²) in [7, 11) is -2.17. The highest BCUT2D eigenvalue weighted by Crippen LogP contribution is 2.36. The summed E-state index contributed by atoms with van der Waals surface area (Å²) in [4.78, 5) is 2.35. The van der Waals surface area contributed by atoms with E-state index in [2.05, 4.69) is 25.9 Å². The van der Waals surface area contributed by atoms with Crippen LogP contribution in [0.4, 0.5) is 0 Å². The van der Waals surface area contributed by atoms with Crippen LogP contribution in [0.2, 0.25) is 0 Å². The fourth-order valence-corrected chi connectivity index (χ4v) is 3.45. The molecule has 0 amide bonds. The number of methoxy groups -OCH3 is 1. The molecule has 0 unspecified atom stereocenters. The molecule has 0 saturated heterocycles. The van der Waals surface area contributed by atoms with Crippen LogP contribution in [0.5, 0.6) is 11.5 Å². The van der Waals surface area contributed by atoms with E-state index in [4.69, 9.17) is 9.47 Å². The van der Waals surface area contributed by atoms with Gasteiger partial charge in [0.1, 0.15) is 0 Å². The quantitative estimate of drug-likeness (QED) is 0.523. The van der Waals surface area contributed by atoms with Crippen molar-refractivity contribution in [3.8, 4) is 11.5 Å². The number of halogens is 1. The van der Waals surface area contributed by atoms with Crippen molar-refractivity contribution < 1.29 is 17.9 Å². The summed E-state index contributed by atoms with van der Waals surface area (Å²) >= 11 is 3.44. The van der Waals surface area contributed by atoms with Crippen molar-refractivity contribution in [1.82, 2.24) is 4.83 Å². The zero-order chi connectivity index (χ0) is 19.3. The smallest absolute Gasteiger partial charge is 0.276 e. The maximum Gasteiger partial charge on any atom is 0.276 e. The molecule has 0 aliphatic heterocycles. The Kier molecular flexibility index (Phi) is 6.66. The van der Waals surface area contributed by atoms with Crippen LogP contribution < -0.4 is 14.3 Å². The van der Waals surface area contributed by atoms with Crippen LogP contribution in [0.15, 0.2) is 50.9 Å². The Hall–Kier alpha value is -2.06. The molecular formula is C18H21BrN2O4S. The molecule has 2 aromatic rings. The molecule has 0 aliphatic carbocycles. The largest absolute Gasteiger partial charge is 0.493 e. The molecule has 2 aromatic carbocycles. The molecule has 6 nitrogen and oxygen atoms in total. The fourth-order valence-electron chi connectivity index (χ4n) is 2.10. The van der Waals surface area contributed by atoms with Gasteiger partial charge in [0.15, 0.2) is 11.5 Å². The number of hydrogen-bond donors (Lipinski definition) is 1. The first-order valence-electron chi connectivity index (χ1n) is 7.88. The Bertz CT molecular complexity index is 894. The highest BCUT2D eigenvalue weighted by Gasteiger charge is 2.14. The fraction of sp³-hybridized carbons (Fsp3) is 0.278. The van der Waals surface area contributed by atoms with Crippen LogP contribution in [0.3, 0.4) is 0 Å². The maximum absolute atomic E-state index is 12.2. The summed E-state index contributed by atoms with van der Waals surface area (Å²) in [5, 5.41) is 3.84. The van der Waals surface area contributed by atoms with Crippen LogP contribution in [0.25, 0.3) is 0 Å². The second kappa shape index (κ2) is 8.55. The van der Waals surface area contributed by atoms with Crippen molar-refractivity contribution in [2.45, 2.75) is 31.8 Å². The molecule has 1 N–H and O–H groups in total. The zero-order valence-electron chi connectivity index (χ0n) is 15.0. The minimum absolute atomic E-state index is 0.0129. The van der Waals surface area contributed by atoms with E-state index in [1.54, 1.807) is 24.3 Å². The van der Waals surface area contributed by atoms with Gasteiger partial charge in [-0.05, 0) is 66.5 Å². The van der Waals surface area contributed by atoms with Crippen molar-refractivity contribution in [3.63, 3.8) is 0 Å². The van der Waals surface area contributed by atoms with Gasteiger partial charge in [0.25, 0.3) is 10.0 Å². The number of nitrogens with zero attached hydrogens (tertiary/aromatic N) is 1. The molecule has 0 radical (unpaired) electrons. The molecule has 0 aliphatic rings. The standard InChI is InChI=1S/C18H21BrN2O4S/c1-12(2)25-18-16(19)9-14(10-17(18)24-4)11-20-21-26(22,23)15-7-5-13(3)6-8-15/h5-12,21H,1-4H3. The molecule has 2 rings (SSSR count). The van der Waals surface area contributed by atoms with E-state index < -0.39 is 10.0 Å². The Labute approximate surface area is 162 Å². The Balaban J connectivity index is 2.20. The minimum atomic E-state index is -3.71. The molecule has 0 aromatic heterocycles. The van der Waals surface area contributed by atoms with E-state index in [1.165, 1.54) is 25.5 Å². The third-order valence-electron chi connectivity index (χ3n) is 3.32. The second-order valence-corrected chi connectivity index (χ2v) is 8.38. The number of nitrogens with one attached hydrogen (secondary N) is 1. The molecule has 8 heteroatoms. The molecule has 0 saturated carbocycles. The number of ether oxygens (including phenoxy) is 2. The van der Waals surface area contributed by atoms with Crippen LogP contribution in [0, 0.1) is 6.92 Å². The molecule has 26 heavy (non-hydrogen) atoms. The van der Waals surface area contributed by atoms with Crippen molar-refractivity contribution in [1.29, 1.82) is 0 Å². The first kappa shape index (κ1) is 20.3. The second-order valence-electron chi connectivity index (χ2n) is 5.87. The lowest BCUT2D eigenvalue weighted by Crippen LogP contribution is -2.18. The third-order valence-corrected chi connectivity index (χ3v) is 5.15. The number of sulfonamides is 1. The number of hydrogen-bond acceptors (Lipinski definition) is 5. The van der Waals surface area contributed by atoms with Crippen molar-refractivity contribution in [3.05, 3.63) is 52.0 Å². The van der Waals surface area contributed by atoms with Crippen LogP contribution in [-0.2, 0) is 10.0 Å². The Morgan fingerprint density at radius 1 is 1.19 bits per heavy atom. The molecule has 140 valence electrons. The number of rotatable bonds is 7. The predicted octanol–water partition coefficient (Wildman–Crippen LogP) is 3.87.